The van der Waals surface area contributed by atoms with Gasteiger partial charge in [-0.15, -0.1) is 0 Å². The first kappa shape index (κ1) is 16.5. The molecule has 2 bridgehead atoms. The maximum Gasteiger partial charge on any atom is 0.146 e. The lowest BCUT2D eigenvalue weighted by Crippen LogP contribution is -2.40. The SMILES string of the molecule is CN(C)C[C@H]1[C@H]2CN(c3nc4c(cc3C#N)CCCC4)C[C@]23CC[C@H]1O3. The van der Waals surface area contributed by atoms with Crippen molar-refractivity contribution in [2.75, 3.05) is 38.6 Å². The van der Waals surface area contributed by atoms with Gasteiger partial charge < -0.3 is 14.5 Å². The lowest BCUT2D eigenvalue weighted by molar-refractivity contribution is 0.0136. The van der Waals surface area contributed by atoms with Gasteiger partial charge in [-0.05, 0) is 64.3 Å². The molecule has 0 radical (unpaired) electrons. The highest BCUT2D eigenvalue weighted by atomic mass is 16.5. The number of hydrogen-bond donors (Lipinski definition) is 0. The minimum atomic E-state index is -0.00431. The Morgan fingerprint density at radius 1 is 1.38 bits per heavy atom. The Labute approximate surface area is 155 Å². The second-order valence-electron chi connectivity index (χ2n) is 8.96. The number of nitrogens with zero attached hydrogens (tertiary/aromatic N) is 4. The molecule has 4 aliphatic rings. The van der Waals surface area contributed by atoms with Gasteiger partial charge in [-0.3, -0.25) is 0 Å². The molecule has 0 unspecified atom stereocenters. The first-order valence-corrected chi connectivity index (χ1v) is 10.1. The normalized spacial score (nSPS) is 34.8. The highest BCUT2D eigenvalue weighted by molar-refractivity contribution is 5.58. The fourth-order valence-corrected chi connectivity index (χ4v) is 5.96. The minimum absolute atomic E-state index is 0.00431. The average molecular weight is 352 g/mol. The van der Waals surface area contributed by atoms with Crippen molar-refractivity contribution in [1.29, 1.82) is 5.26 Å². The lowest BCUT2D eigenvalue weighted by Gasteiger charge is -2.30. The van der Waals surface area contributed by atoms with Crippen LogP contribution in [0.1, 0.15) is 42.5 Å². The van der Waals surface area contributed by atoms with Crippen LogP contribution in [0.2, 0.25) is 0 Å². The van der Waals surface area contributed by atoms with E-state index < -0.39 is 0 Å². The van der Waals surface area contributed by atoms with Crippen molar-refractivity contribution < 1.29 is 4.74 Å². The number of aromatic nitrogens is 1. The van der Waals surface area contributed by atoms with Crippen LogP contribution in [0.25, 0.3) is 0 Å². The zero-order valence-corrected chi connectivity index (χ0v) is 15.9. The first-order chi connectivity index (χ1) is 12.6. The number of anilines is 1. The first-order valence-electron chi connectivity index (χ1n) is 10.1. The van der Waals surface area contributed by atoms with Crippen molar-refractivity contribution in [1.82, 2.24) is 9.88 Å². The van der Waals surface area contributed by atoms with E-state index in [4.69, 9.17) is 9.72 Å². The Balaban J connectivity index is 1.47. The van der Waals surface area contributed by atoms with E-state index in [1.54, 1.807) is 0 Å². The second kappa shape index (κ2) is 5.94. The molecule has 5 nitrogen and oxygen atoms in total. The monoisotopic (exact) mass is 352 g/mol. The fraction of sp³-hybridized carbons (Fsp3) is 0.714. The van der Waals surface area contributed by atoms with Gasteiger partial charge in [0.25, 0.3) is 0 Å². The van der Waals surface area contributed by atoms with E-state index in [0.717, 1.165) is 50.3 Å². The molecule has 4 atom stereocenters. The number of nitriles is 1. The summed E-state index contributed by atoms with van der Waals surface area (Å²) in [4.78, 5) is 9.65. The molecule has 0 aromatic carbocycles. The van der Waals surface area contributed by atoms with Crippen LogP contribution in [0.15, 0.2) is 6.07 Å². The smallest absolute Gasteiger partial charge is 0.146 e. The maximum atomic E-state index is 9.73. The lowest BCUT2D eigenvalue weighted by atomic mass is 9.73. The van der Waals surface area contributed by atoms with Crippen LogP contribution in [-0.2, 0) is 17.6 Å². The molecule has 138 valence electrons. The van der Waals surface area contributed by atoms with E-state index in [0.29, 0.717) is 17.9 Å². The molecular weight excluding hydrogens is 324 g/mol. The van der Waals surface area contributed by atoms with Crippen molar-refractivity contribution in [3.05, 3.63) is 22.9 Å². The van der Waals surface area contributed by atoms with Crippen molar-refractivity contribution in [2.24, 2.45) is 11.8 Å². The molecule has 3 aliphatic heterocycles. The summed E-state index contributed by atoms with van der Waals surface area (Å²) in [6.45, 7) is 2.97. The van der Waals surface area contributed by atoms with Crippen molar-refractivity contribution in [3.63, 3.8) is 0 Å². The number of hydrogen-bond acceptors (Lipinski definition) is 5. The van der Waals surface area contributed by atoms with Crippen LogP contribution in [-0.4, -0.2) is 55.3 Å². The van der Waals surface area contributed by atoms with E-state index in [9.17, 15) is 5.26 Å². The van der Waals surface area contributed by atoms with Crippen LogP contribution >= 0.6 is 0 Å². The zero-order chi connectivity index (χ0) is 17.9. The molecule has 3 saturated heterocycles. The molecule has 5 heteroatoms. The zero-order valence-electron chi connectivity index (χ0n) is 15.9. The number of aryl methyl sites for hydroxylation is 2. The summed E-state index contributed by atoms with van der Waals surface area (Å²) in [5, 5.41) is 9.73. The van der Waals surface area contributed by atoms with Gasteiger partial charge >= 0.3 is 0 Å². The third-order valence-corrected chi connectivity index (χ3v) is 7.06. The van der Waals surface area contributed by atoms with Gasteiger partial charge in [0, 0.05) is 37.2 Å². The van der Waals surface area contributed by atoms with Crippen LogP contribution < -0.4 is 4.90 Å². The summed E-state index contributed by atoms with van der Waals surface area (Å²) >= 11 is 0. The number of ether oxygens (including phenoxy) is 1. The van der Waals surface area contributed by atoms with Crippen molar-refractivity contribution in [3.8, 4) is 6.07 Å². The van der Waals surface area contributed by atoms with E-state index in [1.807, 2.05) is 0 Å². The number of fused-ring (bicyclic) bond motifs is 2. The molecule has 1 spiro atoms. The Hall–Kier alpha value is -1.64. The summed E-state index contributed by atoms with van der Waals surface area (Å²) in [6.07, 6.45) is 7.33. The Morgan fingerprint density at radius 2 is 2.23 bits per heavy atom. The fourth-order valence-electron chi connectivity index (χ4n) is 5.96. The van der Waals surface area contributed by atoms with Crippen LogP contribution in [0.4, 0.5) is 5.82 Å². The largest absolute Gasteiger partial charge is 0.369 e. The van der Waals surface area contributed by atoms with Gasteiger partial charge in [0.1, 0.15) is 11.9 Å². The topological polar surface area (TPSA) is 52.4 Å². The quantitative estimate of drug-likeness (QED) is 0.836. The molecular formula is C21H28N4O. The average Bonchev–Trinajstić information content (AvgIpc) is 3.30. The van der Waals surface area contributed by atoms with Crippen molar-refractivity contribution >= 4 is 5.82 Å². The van der Waals surface area contributed by atoms with Crippen LogP contribution in [0, 0.1) is 23.2 Å². The molecule has 0 saturated carbocycles. The summed E-state index contributed by atoms with van der Waals surface area (Å²) in [5.74, 6) is 2.08. The highest BCUT2D eigenvalue weighted by Crippen LogP contribution is 2.55. The molecule has 1 aromatic rings. The summed E-state index contributed by atoms with van der Waals surface area (Å²) in [7, 11) is 4.31. The molecule has 3 fully saturated rings. The van der Waals surface area contributed by atoms with E-state index in [2.05, 4.69) is 36.0 Å². The van der Waals surface area contributed by atoms with E-state index >= 15 is 0 Å². The third-order valence-electron chi connectivity index (χ3n) is 7.06. The minimum Gasteiger partial charge on any atom is -0.369 e. The molecule has 0 N–H and O–H groups in total. The van der Waals surface area contributed by atoms with E-state index in [1.165, 1.54) is 30.5 Å². The molecule has 5 rings (SSSR count). The molecule has 4 heterocycles. The van der Waals surface area contributed by atoms with Gasteiger partial charge in [0.2, 0.25) is 0 Å². The highest BCUT2D eigenvalue weighted by Gasteiger charge is 2.63. The molecule has 0 amide bonds. The van der Waals surface area contributed by atoms with Gasteiger partial charge in [-0.1, -0.05) is 0 Å². The molecule has 26 heavy (non-hydrogen) atoms. The van der Waals surface area contributed by atoms with Crippen LogP contribution in [0.3, 0.4) is 0 Å². The molecule has 1 aromatic heterocycles. The third kappa shape index (κ3) is 2.39. The standard InChI is InChI=1S/C21H28N4O/c1-24(2)11-16-17-12-25(13-21(17)8-7-19(16)26-21)20-15(10-22)9-14-5-3-4-6-18(14)23-20/h9,16-17,19H,3-8,11-13H2,1-2H3/t16-,17+,19+,21+/m0/s1. The number of rotatable bonds is 3. The predicted molar refractivity (Wildman–Crippen MR) is 100 cm³/mol. The summed E-state index contributed by atoms with van der Waals surface area (Å²) in [5.41, 5.74) is 3.25. The predicted octanol–water partition coefficient (Wildman–Crippen LogP) is 2.38. The number of pyridine rings is 1. The summed E-state index contributed by atoms with van der Waals surface area (Å²) in [6, 6.07) is 4.53. The van der Waals surface area contributed by atoms with Crippen LogP contribution in [0.5, 0.6) is 0 Å². The van der Waals surface area contributed by atoms with Gasteiger partial charge in [-0.25, -0.2) is 4.98 Å². The van der Waals surface area contributed by atoms with Gasteiger partial charge in [0.15, 0.2) is 0 Å². The van der Waals surface area contributed by atoms with Gasteiger partial charge in [0.05, 0.1) is 17.3 Å². The Bertz CT molecular complexity index is 770. The molecule has 1 aliphatic carbocycles. The second-order valence-corrected chi connectivity index (χ2v) is 8.96. The van der Waals surface area contributed by atoms with Crippen molar-refractivity contribution in [2.45, 2.75) is 50.2 Å². The van der Waals surface area contributed by atoms with E-state index in [-0.39, 0.29) is 5.60 Å². The Kier molecular flexibility index (Phi) is 3.77. The van der Waals surface area contributed by atoms with Gasteiger partial charge in [-0.2, -0.15) is 5.26 Å². The Morgan fingerprint density at radius 3 is 3.04 bits per heavy atom. The maximum absolute atomic E-state index is 9.73. The summed E-state index contributed by atoms with van der Waals surface area (Å²) < 4.78 is 6.56.